The van der Waals surface area contributed by atoms with Crippen molar-refractivity contribution in [1.29, 1.82) is 0 Å². The van der Waals surface area contributed by atoms with Gasteiger partial charge in [0.1, 0.15) is 15.7 Å². The highest BCUT2D eigenvalue weighted by molar-refractivity contribution is 7.92. The molecule has 270 valence electrons. The number of benzene rings is 2. The fraction of sp³-hybridized carbons (Fsp3) is 0.513. The molecule has 3 heterocycles. The molecule has 5 aliphatic rings. The number of nitrogens with one attached hydrogen (secondary N) is 1. The minimum absolute atomic E-state index is 0.00129. The van der Waals surface area contributed by atoms with Gasteiger partial charge in [-0.1, -0.05) is 29.8 Å². The molecule has 2 aliphatic heterocycles. The molecular weight excluding hydrogens is 686 g/mol. The first-order valence-electron chi connectivity index (χ1n) is 18.2. The van der Waals surface area contributed by atoms with Crippen LogP contribution in [0.25, 0.3) is 0 Å². The summed E-state index contributed by atoms with van der Waals surface area (Å²) in [7, 11) is 0.202. The van der Waals surface area contributed by atoms with E-state index in [2.05, 4.69) is 43.4 Å². The van der Waals surface area contributed by atoms with Crippen LogP contribution in [-0.4, -0.2) is 64.5 Å². The average molecular weight is 732 g/mol. The monoisotopic (exact) mass is 731 g/mol. The van der Waals surface area contributed by atoms with E-state index in [1.165, 1.54) is 11.1 Å². The van der Waals surface area contributed by atoms with Crippen LogP contribution in [0.15, 0.2) is 65.2 Å². The number of carbonyl (C=O) groups excluding carboxylic acids is 2. The van der Waals surface area contributed by atoms with E-state index < -0.39 is 15.8 Å². The fourth-order valence-corrected chi connectivity index (χ4v) is 10.7. The number of hydrogen-bond acceptors (Lipinski definition) is 7. The summed E-state index contributed by atoms with van der Waals surface area (Å²) < 4.78 is 35.9. The molecule has 3 aromatic rings. The first kappa shape index (κ1) is 34.4. The zero-order valence-electron chi connectivity index (χ0n) is 29.3. The number of allylic oxidation sites excluding steroid dienone is 1. The highest BCUT2D eigenvalue weighted by atomic mass is 35.5. The number of anilines is 1. The van der Waals surface area contributed by atoms with Crippen molar-refractivity contribution in [2.24, 2.45) is 29.2 Å². The van der Waals surface area contributed by atoms with Gasteiger partial charge < -0.3 is 14.4 Å². The number of methoxy groups -OCH3 is 1. The van der Waals surface area contributed by atoms with Crippen LogP contribution in [0.2, 0.25) is 5.02 Å². The lowest BCUT2D eigenvalue weighted by molar-refractivity contribution is -0.120. The van der Waals surface area contributed by atoms with Crippen molar-refractivity contribution in [3.05, 3.63) is 88.2 Å². The van der Waals surface area contributed by atoms with Crippen LogP contribution < -0.4 is 14.4 Å². The molecule has 1 N–H and O–H groups in total. The molecule has 0 radical (unpaired) electrons. The number of halogens is 1. The molecule has 1 aromatic heterocycles. The fourth-order valence-electron chi connectivity index (χ4n) is 8.91. The molecule has 2 amide bonds. The topological polar surface area (TPSA) is 115 Å². The van der Waals surface area contributed by atoms with Crippen LogP contribution in [0.4, 0.5) is 5.69 Å². The number of aryl methyl sites for hydroxylation is 2. The maximum Gasteiger partial charge on any atom is 0.286 e. The summed E-state index contributed by atoms with van der Waals surface area (Å²) >= 11 is 6.46. The van der Waals surface area contributed by atoms with Gasteiger partial charge in [0.2, 0.25) is 5.91 Å². The molecule has 12 heteroatoms. The van der Waals surface area contributed by atoms with Gasteiger partial charge in [-0.25, -0.2) is 4.21 Å². The lowest BCUT2D eigenvalue weighted by atomic mass is 9.68. The number of carbonyl (C=O) groups is 2. The van der Waals surface area contributed by atoms with E-state index >= 15 is 0 Å². The van der Waals surface area contributed by atoms with E-state index in [1.54, 1.807) is 24.1 Å². The van der Waals surface area contributed by atoms with Gasteiger partial charge in [0.25, 0.3) is 5.91 Å². The maximum atomic E-state index is 14.4. The smallest absolute Gasteiger partial charge is 0.286 e. The normalized spacial score (nSPS) is 32.3. The van der Waals surface area contributed by atoms with Crippen molar-refractivity contribution >= 4 is 39.0 Å². The van der Waals surface area contributed by atoms with Gasteiger partial charge in [-0.2, -0.15) is 5.10 Å². The van der Waals surface area contributed by atoms with Crippen molar-refractivity contribution in [3.63, 3.8) is 0 Å². The van der Waals surface area contributed by atoms with E-state index in [1.807, 2.05) is 31.3 Å². The van der Waals surface area contributed by atoms with Crippen LogP contribution in [0, 0.1) is 17.8 Å². The molecule has 0 saturated heterocycles. The molecule has 2 aromatic carbocycles. The maximum absolute atomic E-state index is 14.4. The highest BCUT2D eigenvalue weighted by Gasteiger charge is 2.47. The molecular formula is C39H46ClN5O5S. The van der Waals surface area contributed by atoms with Crippen LogP contribution in [-0.2, 0) is 38.3 Å². The Morgan fingerprint density at radius 3 is 2.82 bits per heavy atom. The van der Waals surface area contributed by atoms with Gasteiger partial charge in [0.15, 0.2) is 0 Å². The van der Waals surface area contributed by atoms with Crippen molar-refractivity contribution in [2.75, 3.05) is 37.5 Å². The quantitative estimate of drug-likeness (QED) is 0.310. The largest absolute Gasteiger partial charge is 0.490 e. The van der Waals surface area contributed by atoms with Crippen molar-refractivity contribution in [3.8, 4) is 5.75 Å². The Labute approximate surface area is 305 Å². The van der Waals surface area contributed by atoms with E-state index in [9.17, 15) is 13.8 Å². The predicted octanol–water partition coefficient (Wildman–Crippen LogP) is 6.38. The SMILES string of the molecule is CO[C@H]1/C=C/CCCS(=O)(NC(=O)C2C[C@@H]2c2ccnn2C)=NC(=O)c2ccc3c(c2)N(C[C@@H]2CC[C@H]21)C[C@@]1(CCCc2cc(Cl)ccc21)CO3. The summed E-state index contributed by atoms with van der Waals surface area (Å²) in [5, 5.41) is 4.98. The number of hydrogen-bond donors (Lipinski definition) is 1. The van der Waals surface area contributed by atoms with Crippen LogP contribution in [0.5, 0.6) is 5.75 Å². The second-order valence-corrected chi connectivity index (χ2v) is 17.6. The molecule has 1 spiro atoms. The number of fused-ring (bicyclic) bond motifs is 4. The molecule has 2 bridgehead atoms. The zero-order valence-corrected chi connectivity index (χ0v) is 30.8. The summed E-state index contributed by atoms with van der Waals surface area (Å²) in [5.74, 6) is 0.245. The number of ether oxygens (including phenoxy) is 2. The Bertz CT molecular complexity index is 2000. The van der Waals surface area contributed by atoms with E-state index in [-0.39, 0.29) is 35.0 Å². The van der Waals surface area contributed by atoms with Gasteiger partial charge in [0.05, 0.1) is 24.2 Å². The number of nitrogens with zero attached hydrogens (tertiary/aromatic N) is 4. The zero-order chi connectivity index (χ0) is 35.3. The van der Waals surface area contributed by atoms with Gasteiger partial charge in [0, 0.05) is 67.0 Å². The lowest BCUT2D eigenvalue weighted by Crippen LogP contribution is -2.49. The third-order valence-corrected chi connectivity index (χ3v) is 13.9. The van der Waals surface area contributed by atoms with Crippen LogP contribution >= 0.6 is 11.6 Å². The van der Waals surface area contributed by atoms with E-state index in [0.29, 0.717) is 49.0 Å². The Morgan fingerprint density at radius 2 is 2.04 bits per heavy atom. The second-order valence-electron chi connectivity index (χ2n) is 15.1. The first-order valence-corrected chi connectivity index (χ1v) is 20.3. The summed E-state index contributed by atoms with van der Waals surface area (Å²) in [5.41, 5.74) is 4.42. The van der Waals surface area contributed by atoms with E-state index in [4.69, 9.17) is 21.1 Å². The third kappa shape index (κ3) is 6.73. The molecule has 2 saturated carbocycles. The molecule has 8 rings (SSSR count). The van der Waals surface area contributed by atoms with Crippen LogP contribution in [0.1, 0.15) is 78.0 Å². The predicted molar refractivity (Wildman–Crippen MR) is 198 cm³/mol. The van der Waals surface area contributed by atoms with Gasteiger partial charge in [-0.05, 0) is 111 Å². The Hall–Kier alpha value is -3.67. The summed E-state index contributed by atoms with van der Waals surface area (Å²) in [6, 6.07) is 13.5. The van der Waals surface area contributed by atoms with Gasteiger partial charge >= 0.3 is 0 Å². The van der Waals surface area contributed by atoms with Crippen molar-refractivity contribution in [2.45, 2.75) is 68.8 Å². The molecule has 51 heavy (non-hydrogen) atoms. The van der Waals surface area contributed by atoms with Gasteiger partial charge in [-0.3, -0.25) is 19.0 Å². The minimum atomic E-state index is -3.42. The van der Waals surface area contributed by atoms with Crippen molar-refractivity contribution in [1.82, 2.24) is 14.5 Å². The average Bonchev–Trinajstić information content (AvgIpc) is 3.81. The second kappa shape index (κ2) is 13.7. The van der Waals surface area contributed by atoms with E-state index in [0.717, 1.165) is 61.6 Å². The van der Waals surface area contributed by atoms with Crippen molar-refractivity contribution < 1.29 is 23.3 Å². The molecule has 7 atom stereocenters. The molecule has 2 fully saturated rings. The number of aromatic nitrogens is 2. The minimum Gasteiger partial charge on any atom is -0.490 e. The molecule has 3 aliphatic carbocycles. The Kier molecular flexibility index (Phi) is 9.25. The highest BCUT2D eigenvalue weighted by Crippen LogP contribution is 2.48. The first-order chi connectivity index (χ1) is 24.6. The third-order valence-electron chi connectivity index (χ3n) is 11.9. The lowest BCUT2D eigenvalue weighted by Gasteiger charge is -2.46. The Balaban J connectivity index is 1.15. The number of amides is 2. The summed E-state index contributed by atoms with van der Waals surface area (Å²) in [6.07, 6.45) is 12.8. The van der Waals surface area contributed by atoms with Crippen LogP contribution in [0.3, 0.4) is 0 Å². The summed E-state index contributed by atoms with van der Waals surface area (Å²) in [4.78, 5) is 29.8. The Morgan fingerprint density at radius 1 is 1.16 bits per heavy atom. The van der Waals surface area contributed by atoms with Gasteiger partial charge in [-0.15, -0.1) is 4.36 Å². The standard InChI is InChI=1S/C39H46ClN5O5S/c1-44-33(15-17-41-44)30-21-31(30)38(47)43-51(48)18-5-3-4-8-35(49-2)29-12-9-27(29)22-45-23-39(16-6-7-25-19-28(40)11-13-32(25)39)24-50-36-14-10-26(20-34(36)45)37(46)42-51/h4,8,10-11,13-15,17,19-20,27,29-31,35H,3,5-7,9,12,16,18,21-24H2,1-2H3,(H,42,43,46,47,48)/b8-4+/t27-,29+,30-,31?,35-,39-,51?/m0/s1. The summed E-state index contributed by atoms with van der Waals surface area (Å²) in [6.45, 7) is 2.04. The molecule has 10 nitrogen and oxygen atoms in total. The number of rotatable bonds is 4. The molecule has 2 unspecified atom stereocenters.